The Morgan fingerprint density at radius 3 is 2.90 bits per heavy atom. The van der Waals surface area contributed by atoms with Crippen molar-refractivity contribution in [3.8, 4) is 12.3 Å². The Morgan fingerprint density at radius 1 is 1.40 bits per heavy atom. The van der Waals surface area contributed by atoms with Gasteiger partial charge in [-0.25, -0.2) is 4.79 Å². The van der Waals surface area contributed by atoms with Crippen LogP contribution in [0.3, 0.4) is 0 Å². The van der Waals surface area contributed by atoms with Gasteiger partial charge in [0.1, 0.15) is 6.04 Å². The number of carboxylic acids is 1. The number of nitrogens with one attached hydrogen (secondary N) is 1. The number of carbonyl (C=O) groups excluding carboxylic acids is 1. The van der Waals surface area contributed by atoms with Gasteiger partial charge in [-0.2, -0.15) is 0 Å². The van der Waals surface area contributed by atoms with E-state index in [0.29, 0.717) is 5.56 Å². The summed E-state index contributed by atoms with van der Waals surface area (Å²) in [4.78, 5) is 27.1. The van der Waals surface area contributed by atoms with Crippen molar-refractivity contribution in [2.24, 2.45) is 0 Å². The Hall–Kier alpha value is -2.87. The van der Waals surface area contributed by atoms with Crippen LogP contribution in [0.1, 0.15) is 16.8 Å². The zero-order chi connectivity index (χ0) is 14.5. The second-order valence-corrected chi connectivity index (χ2v) is 4.18. The molecule has 1 aromatic carbocycles. The average molecular weight is 268 g/mol. The minimum Gasteiger partial charge on any atom is -0.480 e. The summed E-state index contributed by atoms with van der Waals surface area (Å²) >= 11 is 0. The van der Waals surface area contributed by atoms with Crippen LogP contribution in [0.5, 0.6) is 0 Å². The fraction of sp³-hybridized carbons (Fsp3) is 0.133. The van der Waals surface area contributed by atoms with Crippen molar-refractivity contribution in [3.63, 3.8) is 0 Å². The van der Waals surface area contributed by atoms with Crippen LogP contribution in [0.4, 0.5) is 0 Å². The number of carboxylic acid groups (broad SMARTS) is 1. The standard InChI is InChI=1S/C15H12N2O3/c1-2-4-13(15(19)20)17-14(18)11-6-7-12-10(9-11)5-3-8-16-12/h1,3,5-9,13H,4H2,(H,17,18)(H,19,20). The van der Waals surface area contributed by atoms with Crippen LogP contribution in [0.15, 0.2) is 36.5 Å². The third-order valence-corrected chi connectivity index (χ3v) is 2.79. The molecule has 0 saturated carbocycles. The van der Waals surface area contributed by atoms with Gasteiger partial charge in [0.05, 0.1) is 5.52 Å². The van der Waals surface area contributed by atoms with Gasteiger partial charge in [0.15, 0.2) is 0 Å². The van der Waals surface area contributed by atoms with Gasteiger partial charge in [0.25, 0.3) is 5.91 Å². The maximum Gasteiger partial charge on any atom is 0.327 e. The lowest BCUT2D eigenvalue weighted by atomic mass is 10.1. The van der Waals surface area contributed by atoms with Crippen molar-refractivity contribution in [2.75, 3.05) is 0 Å². The zero-order valence-corrected chi connectivity index (χ0v) is 10.5. The molecule has 0 fully saturated rings. The number of nitrogens with zero attached hydrogens (tertiary/aromatic N) is 1. The lowest BCUT2D eigenvalue weighted by Gasteiger charge is -2.12. The second-order valence-electron chi connectivity index (χ2n) is 4.18. The molecular formula is C15H12N2O3. The van der Waals surface area contributed by atoms with Crippen LogP contribution < -0.4 is 5.32 Å². The molecular weight excluding hydrogens is 256 g/mol. The number of rotatable bonds is 4. The SMILES string of the molecule is C#CCC(NC(=O)c1ccc2ncccc2c1)C(=O)O. The average Bonchev–Trinajstić information content (AvgIpc) is 2.46. The van der Waals surface area contributed by atoms with Crippen molar-refractivity contribution >= 4 is 22.8 Å². The summed E-state index contributed by atoms with van der Waals surface area (Å²) < 4.78 is 0. The normalized spacial score (nSPS) is 11.6. The Morgan fingerprint density at radius 2 is 2.20 bits per heavy atom. The lowest BCUT2D eigenvalue weighted by Crippen LogP contribution is -2.40. The molecule has 1 unspecified atom stereocenters. The first-order chi connectivity index (χ1) is 9.61. The maximum absolute atomic E-state index is 12.0. The van der Waals surface area contributed by atoms with Crippen molar-refractivity contribution in [2.45, 2.75) is 12.5 Å². The minimum atomic E-state index is -1.15. The van der Waals surface area contributed by atoms with Crippen molar-refractivity contribution in [1.82, 2.24) is 10.3 Å². The number of fused-ring (bicyclic) bond motifs is 1. The number of terminal acetylenes is 1. The highest BCUT2D eigenvalue weighted by molar-refractivity contribution is 5.99. The van der Waals surface area contributed by atoms with Crippen LogP contribution in [0, 0.1) is 12.3 Å². The van der Waals surface area contributed by atoms with E-state index in [1.54, 1.807) is 30.5 Å². The Labute approximate surface area is 115 Å². The predicted molar refractivity (Wildman–Crippen MR) is 74.1 cm³/mol. The molecule has 0 bridgehead atoms. The monoisotopic (exact) mass is 268 g/mol. The second kappa shape index (κ2) is 5.85. The maximum atomic E-state index is 12.0. The van der Waals surface area contributed by atoms with Gasteiger partial charge in [-0.3, -0.25) is 9.78 Å². The van der Waals surface area contributed by atoms with E-state index in [-0.39, 0.29) is 6.42 Å². The van der Waals surface area contributed by atoms with Gasteiger partial charge in [-0.05, 0) is 24.3 Å². The van der Waals surface area contributed by atoms with E-state index >= 15 is 0 Å². The molecule has 20 heavy (non-hydrogen) atoms. The van der Waals surface area contributed by atoms with Crippen LogP contribution in [0.25, 0.3) is 10.9 Å². The highest BCUT2D eigenvalue weighted by atomic mass is 16.4. The summed E-state index contributed by atoms with van der Waals surface area (Å²) in [5.74, 6) is 0.602. The first kappa shape index (κ1) is 13.6. The van der Waals surface area contributed by atoms with Gasteiger partial charge in [-0.1, -0.05) is 6.07 Å². The quantitative estimate of drug-likeness (QED) is 0.822. The van der Waals surface area contributed by atoms with E-state index in [1.165, 1.54) is 0 Å². The molecule has 5 heteroatoms. The summed E-state index contributed by atoms with van der Waals surface area (Å²) in [5.41, 5.74) is 1.14. The van der Waals surface area contributed by atoms with Gasteiger partial charge in [-0.15, -0.1) is 12.3 Å². The molecule has 0 radical (unpaired) electrons. The largest absolute Gasteiger partial charge is 0.480 e. The minimum absolute atomic E-state index is 0.0593. The van der Waals surface area contributed by atoms with Crippen molar-refractivity contribution < 1.29 is 14.7 Å². The molecule has 2 aromatic rings. The summed E-state index contributed by atoms with van der Waals surface area (Å²) in [6.45, 7) is 0. The van der Waals surface area contributed by atoms with Crippen molar-refractivity contribution in [1.29, 1.82) is 0 Å². The highest BCUT2D eigenvalue weighted by Gasteiger charge is 2.19. The number of carbonyl (C=O) groups is 2. The summed E-state index contributed by atoms with van der Waals surface area (Å²) in [5, 5.41) is 12.2. The van der Waals surface area contributed by atoms with E-state index in [1.807, 2.05) is 6.07 Å². The zero-order valence-electron chi connectivity index (χ0n) is 10.5. The molecule has 0 aliphatic rings. The van der Waals surface area contributed by atoms with E-state index < -0.39 is 17.9 Å². The number of aromatic nitrogens is 1. The predicted octanol–water partition coefficient (Wildman–Crippen LogP) is 1.44. The highest BCUT2D eigenvalue weighted by Crippen LogP contribution is 2.13. The topological polar surface area (TPSA) is 79.3 Å². The van der Waals surface area contributed by atoms with Gasteiger partial charge < -0.3 is 10.4 Å². The Balaban J connectivity index is 2.22. The van der Waals surface area contributed by atoms with E-state index in [0.717, 1.165) is 10.9 Å². The first-order valence-electron chi connectivity index (χ1n) is 5.93. The van der Waals surface area contributed by atoms with E-state index in [4.69, 9.17) is 11.5 Å². The summed E-state index contributed by atoms with van der Waals surface area (Å²) in [7, 11) is 0. The first-order valence-corrected chi connectivity index (χ1v) is 5.93. The fourth-order valence-electron chi connectivity index (χ4n) is 1.78. The molecule has 100 valence electrons. The fourth-order valence-corrected chi connectivity index (χ4v) is 1.78. The third kappa shape index (κ3) is 2.93. The summed E-state index contributed by atoms with van der Waals surface area (Å²) in [6, 6.07) is 7.47. The molecule has 0 aliphatic carbocycles. The van der Waals surface area contributed by atoms with Crippen LogP contribution >= 0.6 is 0 Å². The molecule has 0 aliphatic heterocycles. The van der Waals surface area contributed by atoms with Crippen molar-refractivity contribution in [3.05, 3.63) is 42.1 Å². The Kier molecular flexibility index (Phi) is 3.96. The van der Waals surface area contributed by atoms with E-state index in [2.05, 4.69) is 16.2 Å². The number of hydrogen-bond donors (Lipinski definition) is 2. The van der Waals surface area contributed by atoms with Gasteiger partial charge in [0, 0.05) is 23.6 Å². The molecule has 1 atom stereocenters. The molecule has 5 nitrogen and oxygen atoms in total. The number of aliphatic carboxylic acids is 1. The van der Waals surface area contributed by atoms with Crippen LogP contribution in [0.2, 0.25) is 0 Å². The third-order valence-electron chi connectivity index (χ3n) is 2.79. The smallest absolute Gasteiger partial charge is 0.327 e. The molecule has 1 heterocycles. The van der Waals surface area contributed by atoms with Crippen LogP contribution in [-0.2, 0) is 4.79 Å². The number of amides is 1. The summed E-state index contributed by atoms with van der Waals surface area (Å²) in [6.07, 6.45) is 6.69. The number of pyridine rings is 1. The molecule has 1 amide bonds. The van der Waals surface area contributed by atoms with E-state index in [9.17, 15) is 9.59 Å². The lowest BCUT2D eigenvalue weighted by molar-refractivity contribution is -0.139. The van der Waals surface area contributed by atoms with Gasteiger partial charge >= 0.3 is 5.97 Å². The van der Waals surface area contributed by atoms with Gasteiger partial charge in [0.2, 0.25) is 0 Å². The molecule has 1 aromatic heterocycles. The van der Waals surface area contributed by atoms with Crippen LogP contribution in [-0.4, -0.2) is 28.0 Å². The Bertz CT molecular complexity index is 704. The molecule has 0 saturated heterocycles. The molecule has 2 N–H and O–H groups in total. The molecule has 2 rings (SSSR count). The number of benzene rings is 1. The molecule has 0 spiro atoms. The number of hydrogen-bond acceptors (Lipinski definition) is 3.